The summed E-state index contributed by atoms with van der Waals surface area (Å²) in [5.74, 6) is -1.04. The van der Waals surface area contributed by atoms with E-state index in [4.69, 9.17) is 15.0 Å². The van der Waals surface area contributed by atoms with Gasteiger partial charge in [0.15, 0.2) is 0 Å². The lowest BCUT2D eigenvalue weighted by molar-refractivity contribution is -0.140. The molecule has 0 spiro atoms. The minimum Gasteiger partial charge on any atom is -0.481 e. The SMILES string of the molecule is CC(=O)O.CCOC(C)=O.CO. The first-order valence-corrected chi connectivity index (χ1v) is 3.28. The van der Waals surface area contributed by atoms with E-state index in [1.54, 1.807) is 6.92 Å². The molecule has 0 bridgehead atoms. The number of aliphatic hydroxyl groups is 1. The molecule has 0 aliphatic carbocycles. The molecule has 12 heavy (non-hydrogen) atoms. The van der Waals surface area contributed by atoms with Gasteiger partial charge in [0.05, 0.1) is 6.61 Å². The lowest BCUT2D eigenvalue weighted by Gasteiger charge is -1.89. The van der Waals surface area contributed by atoms with Crippen molar-refractivity contribution in [3.05, 3.63) is 0 Å². The Hall–Kier alpha value is -1.10. The van der Waals surface area contributed by atoms with E-state index < -0.39 is 5.97 Å². The molecule has 0 aromatic rings. The summed E-state index contributed by atoms with van der Waals surface area (Å²) >= 11 is 0. The van der Waals surface area contributed by atoms with Crippen LogP contribution in [0.4, 0.5) is 0 Å². The molecule has 0 atom stereocenters. The van der Waals surface area contributed by atoms with Crippen LogP contribution in [-0.4, -0.2) is 35.9 Å². The van der Waals surface area contributed by atoms with Gasteiger partial charge in [-0.2, -0.15) is 0 Å². The van der Waals surface area contributed by atoms with E-state index >= 15 is 0 Å². The summed E-state index contributed by atoms with van der Waals surface area (Å²) in [6.07, 6.45) is 0. The number of aliphatic hydroxyl groups excluding tert-OH is 1. The highest BCUT2D eigenvalue weighted by atomic mass is 16.5. The first-order chi connectivity index (χ1) is 5.50. The zero-order chi connectivity index (χ0) is 10.6. The largest absolute Gasteiger partial charge is 0.481 e. The van der Waals surface area contributed by atoms with Crippen molar-refractivity contribution in [3.63, 3.8) is 0 Å². The minimum atomic E-state index is -0.833. The zero-order valence-corrected chi connectivity index (χ0v) is 7.83. The minimum absolute atomic E-state index is 0.211. The molecule has 0 fully saturated rings. The Bertz CT molecular complexity index is 106. The number of carbonyl (C=O) groups excluding carboxylic acids is 1. The van der Waals surface area contributed by atoms with Gasteiger partial charge in [-0.1, -0.05) is 0 Å². The number of aliphatic carboxylic acids is 1. The smallest absolute Gasteiger partial charge is 0.302 e. The molecule has 0 aromatic carbocycles. The zero-order valence-electron chi connectivity index (χ0n) is 7.83. The maximum absolute atomic E-state index is 9.82. The number of carbonyl (C=O) groups is 2. The highest BCUT2D eigenvalue weighted by Gasteiger charge is 1.81. The monoisotopic (exact) mass is 180 g/mol. The van der Waals surface area contributed by atoms with E-state index in [-0.39, 0.29) is 5.97 Å². The molecule has 0 saturated carbocycles. The fourth-order valence-electron chi connectivity index (χ4n) is 0.203. The number of hydrogen-bond donors (Lipinski definition) is 2. The molecule has 5 heteroatoms. The van der Waals surface area contributed by atoms with Crippen LogP contribution in [-0.2, 0) is 14.3 Å². The van der Waals surface area contributed by atoms with Crippen molar-refractivity contribution in [2.75, 3.05) is 13.7 Å². The van der Waals surface area contributed by atoms with E-state index in [9.17, 15) is 4.79 Å². The second-order valence-electron chi connectivity index (χ2n) is 1.44. The number of rotatable bonds is 1. The summed E-state index contributed by atoms with van der Waals surface area (Å²) < 4.78 is 4.40. The molecule has 2 N–H and O–H groups in total. The normalized spacial score (nSPS) is 6.42. The maximum atomic E-state index is 9.82. The van der Waals surface area contributed by atoms with E-state index in [2.05, 4.69) is 4.74 Å². The molecule has 0 aliphatic rings. The molecule has 5 nitrogen and oxygen atoms in total. The van der Waals surface area contributed by atoms with Crippen molar-refractivity contribution in [3.8, 4) is 0 Å². The van der Waals surface area contributed by atoms with Crippen molar-refractivity contribution >= 4 is 11.9 Å². The Morgan fingerprint density at radius 2 is 1.50 bits per heavy atom. The molecule has 0 saturated heterocycles. The van der Waals surface area contributed by atoms with Crippen LogP contribution in [0.5, 0.6) is 0 Å². The number of ether oxygens (including phenoxy) is 1. The Balaban J connectivity index is -0.000000118. The summed E-state index contributed by atoms with van der Waals surface area (Å²) in [7, 11) is 1.00. The van der Waals surface area contributed by atoms with Crippen LogP contribution in [0.25, 0.3) is 0 Å². The molecular weight excluding hydrogens is 164 g/mol. The van der Waals surface area contributed by atoms with Gasteiger partial charge < -0.3 is 14.9 Å². The third kappa shape index (κ3) is 154. The van der Waals surface area contributed by atoms with Crippen LogP contribution in [0.2, 0.25) is 0 Å². The Morgan fingerprint density at radius 1 is 1.25 bits per heavy atom. The Morgan fingerprint density at radius 3 is 1.50 bits per heavy atom. The Labute approximate surface area is 72.0 Å². The number of carboxylic acids is 1. The van der Waals surface area contributed by atoms with Crippen LogP contribution < -0.4 is 0 Å². The maximum Gasteiger partial charge on any atom is 0.302 e. The van der Waals surface area contributed by atoms with Crippen molar-refractivity contribution in [2.24, 2.45) is 0 Å². The third-order valence-corrected chi connectivity index (χ3v) is 0.348. The first kappa shape index (κ1) is 17.1. The van der Waals surface area contributed by atoms with E-state index in [0.29, 0.717) is 6.61 Å². The standard InChI is InChI=1S/C4H8O2.C2H4O2.CH4O/c1-3-6-4(2)5;1-2(3)4;1-2/h3H2,1-2H3;1H3,(H,3,4);2H,1H3. The topological polar surface area (TPSA) is 83.8 Å². The highest BCUT2D eigenvalue weighted by molar-refractivity contribution is 5.65. The summed E-state index contributed by atoms with van der Waals surface area (Å²) in [4.78, 5) is 18.8. The van der Waals surface area contributed by atoms with E-state index in [1.165, 1.54) is 6.92 Å². The van der Waals surface area contributed by atoms with Crippen LogP contribution in [0.1, 0.15) is 20.8 Å². The summed E-state index contributed by atoms with van der Waals surface area (Å²) in [5.41, 5.74) is 0. The second-order valence-corrected chi connectivity index (χ2v) is 1.44. The predicted octanol–water partition coefficient (Wildman–Crippen LogP) is 0.269. The van der Waals surface area contributed by atoms with Gasteiger partial charge in [-0.15, -0.1) is 0 Å². The van der Waals surface area contributed by atoms with Gasteiger partial charge >= 0.3 is 5.97 Å². The predicted molar refractivity (Wildman–Crippen MR) is 43.8 cm³/mol. The summed E-state index contributed by atoms with van der Waals surface area (Å²) in [5, 5.41) is 14.4. The molecule has 0 amide bonds. The summed E-state index contributed by atoms with van der Waals surface area (Å²) in [6, 6.07) is 0. The second kappa shape index (κ2) is 16.5. The van der Waals surface area contributed by atoms with E-state index in [0.717, 1.165) is 14.0 Å². The number of esters is 1. The van der Waals surface area contributed by atoms with Gasteiger partial charge in [0, 0.05) is 21.0 Å². The molecule has 0 radical (unpaired) electrons. The molecule has 74 valence electrons. The molecule has 0 rings (SSSR count). The van der Waals surface area contributed by atoms with Crippen LogP contribution in [0.3, 0.4) is 0 Å². The van der Waals surface area contributed by atoms with Crippen LogP contribution in [0.15, 0.2) is 0 Å². The number of hydrogen-bond acceptors (Lipinski definition) is 4. The molecule has 0 heterocycles. The third-order valence-electron chi connectivity index (χ3n) is 0.348. The van der Waals surface area contributed by atoms with Gasteiger partial charge in [0.1, 0.15) is 0 Å². The lowest BCUT2D eigenvalue weighted by atomic mass is 10.8. The van der Waals surface area contributed by atoms with Crippen molar-refractivity contribution in [1.82, 2.24) is 0 Å². The van der Waals surface area contributed by atoms with Crippen molar-refractivity contribution < 1.29 is 24.5 Å². The number of carboxylic acid groups (broad SMARTS) is 1. The molecule has 0 aliphatic heterocycles. The van der Waals surface area contributed by atoms with Gasteiger partial charge in [-0.05, 0) is 6.92 Å². The fraction of sp³-hybridized carbons (Fsp3) is 0.714. The first-order valence-electron chi connectivity index (χ1n) is 3.28. The average Bonchev–Trinajstić information content (AvgIpc) is 1.90. The lowest BCUT2D eigenvalue weighted by Crippen LogP contribution is -1.95. The molecule has 0 unspecified atom stereocenters. The van der Waals surface area contributed by atoms with E-state index in [1.807, 2.05) is 0 Å². The van der Waals surface area contributed by atoms with Gasteiger partial charge in [0.2, 0.25) is 0 Å². The summed E-state index contributed by atoms with van der Waals surface area (Å²) in [6.45, 7) is 4.74. The Kier molecular flexibility index (Phi) is 23.5. The molecular formula is C7H16O5. The van der Waals surface area contributed by atoms with Gasteiger partial charge in [-0.25, -0.2) is 0 Å². The quantitative estimate of drug-likeness (QED) is 0.566. The fourth-order valence-corrected chi connectivity index (χ4v) is 0.203. The van der Waals surface area contributed by atoms with Gasteiger partial charge in [0.25, 0.3) is 5.97 Å². The average molecular weight is 180 g/mol. The van der Waals surface area contributed by atoms with Crippen molar-refractivity contribution in [2.45, 2.75) is 20.8 Å². The van der Waals surface area contributed by atoms with Crippen molar-refractivity contribution in [1.29, 1.82) is 0 Å². The van der Waals surface area contributed by atoms with Gasteiger partial charge in [-0.3, -0.25) is 9.59 Å². The van der Waals surface area contributed by atoms with Crippen LogP contribution >= 0.6 is 0 Å². The van der Waals surface area contributed by atoms with Crippen LogP contribution in [0, 0.1) is 0 Å². The molecule has 0 aromatic heterocycles. The highest BCUT2D eigenvalue weighted by Crippen LogP contribution is 1.69.